The van der Waals surface area contributed by atoms with Crippen molar-refractivity contribution in [2.24, 2.45) is 0 Å². The zero-order valence-electron chi connectivity index (χ0n) is 9.98. The van der Waals surface area contributed by atoms with Crippen LogP contribution in [-0.2, 0) is 4.79 Å². The van der Waals surface area contributed by atoms with E-state index in [-0.39, 0.29) is 23.8 Å². The number of nitrogens with zero attached hydrogens (tertiary/aromatic N) is 2. The molecule has 0 heterocycles. The molecule has 1 aliphatic carbocycles. The van der Waals surface area contributed by atoms with E-state index in [1.807, 2.05) is 0 Å². The van der Waals surface area contributed by atoms with E-state index in [2.05, 4.69) is 0 Å². The van der Waals surface area contributed by atoms with Gasteiger partial charge in [0.25, 0.3) is 11.6 Å². The molecule has 1 amide bonds. The number of carbonyl (C=O) groups excluding carboxylic acids is 1. The summed E-state index contributed by atoms with van der Waals surface area (Å²) in [5.74, 6) is -1.57. The van der Waals surface area contributed by atoms with Gasteiger partial charge in [-0.3, -0.25) is 19.7 Å². The van der Waals surface area contributed by atoms with Crippen molar-refractivity contribution in [3.8, 4) is 0 Å². The molecule has 0 bridgehead atoms. The summed E-state index contributed by atoms with van der Waals surface area (Å²) in [6.07, 6.45) is 1.54. The quantitative estimate of drug-likeness (QED) is 0.637. The normalized spacial score (nSPS) is 13.9. The highest BCUT2D eigenvalue weighted by Crippen LogP contribution is 2.28. The summed E-state index contributed by atoms with van der Waals surface area (Å²) in [6.45, 7) is -0.383. The van der Waals surface area contributed by atoms with Gasteiger partial charge in [0.05, 0.1) is 4.92 Å². The van der Waals surface area contributed by atoms with Gasteiger partial charge in [-0.15, -0.1) is 0 Å². The predicted molar refractivity (Wildman–Crippen MR) is 64.8 cm³/mol. The van der Waals surface area contributed by atoms with Gasteiger partial charge in [-0.25, -0.2) is 0 Å². The molecule has 100 valence electrons. The molecule has 0 aromatic heterocycles. The molecule has 7 heteroatoms. The molecule has 1 aromatic carbocycles. The third-order valence-electron chi connectivity index (χ3n) is 2.86. The Morgan fingerprint density at radius 3 is 2.63 bits per heavy atom. The van der Waals surface area contributed by atoms with Crippen molar-refractivity contribution in [2.45, 2.75) is 18.9 Å². The number of hydrogen-bond acceptors (Lipinski definition) is 4. The monoisotopic (exact) mass is 264 g/mol. The van der Waals surface area contributed by atoms with E-state index in [1.54, 1.807) is 0 Å². The Balaban J connectivity index is 2.23. The highest BCUT2D eigenvalue weighted by Gasteiger charge is 2.34. The number of carboxylic acid groups (broad SMARTS) is 1. The summed E-state index contributed by atoms with van der Waals surface area (Å²) in [6, 6.07) is 5.25. The average Bonchev–Trinajstić information content (AvgIpc) is 3.19. The molecule has 1 N–H and O–H groups in total. The van der Waals surface area contributed by atoms with E-state index >= 15 is 0 Å². The summed E-state index contributed by atoms with van der Waals surface area (Å²) in [4.78, 5) is 34.2. The van der Waals surface area contributed by atoms with Gasteiger partial charge < -0.3 is 10.0 Å². The number of rotatable bonds is 5. The van der Waals surface area contributed by atoms with E-state index < -0.39 is 16.8 Å². The van der Waals surface area contributed by atoms with Crippen LogP contribution in [0.5, 0.6) is 0 Å². The second-order valence-electron chi connectivity index (χ2n) is 4.37. The largest absolute Gasteiger partial charge is 0.480 e. The second-order valence-corrected chi connectivity index (χ2v) is 4.37. The minimum atomic E-state index is -1.09. The molecule has 0 spiro atoms. The van der Waals surface area contributed by atoms with Crippen LogP contribution in [0.1, 0.15) is 23.2 Å². The summed E-state index contributed by atoms with van der Waals surface area (Å²) < 4.78 is 0. The van der Waals surface area contributed by atoms with Gasteiger partial charge in [-0.05, 0) is 18.9 Å². The van der Waals surface area contributed by atoms with E-state index in [4.69, 9.17) is 5.11 Å². The number of hydrogen-bond donors (Lipinski definition) is 1. The first-order chi connectivity index (χ1) is 8.99. The van der Waals surface area contributed by atoms with Crippen LogP contribution in [0.25, 0.3) is 0 Å². The fourth-order valence-corrected chi connectivity index (χ4v) is 1.82. The van der Waals surface area contributed by atoms with Gasteiger partial charge in [0.15, 0.2) is 0 Å². The Labute approximate surface area is 108 Å². The van der Waals surface area contributed by atoms with E-state index in [9.17, 15) is 19.7 Å². The molecular formula is C12H12N2O5. The maximum Gasteiger partial charge on any atom is 0.323 e. The minimum absolute atomic E-state index is 0.0668. The number of aliphatic carboxylic acids is 1. The van der Waals surface area contributed by atoms with Gasteiger partial charge in [0.2, 0.25) is 0 Å². The number of carbonyl (C=O) groups is 2. The Hall–Kier alpha value is -2.44. The van der Waals surface area contributed by atoms with Gasteiger partial charge in [-0.1, -0.05) is 6.07 Å². The maximum atomic E-state index is 12.2. The van der Waals surface area contributed by atoms with Gasteiger partial charge in [-0.2, -0.15) is 0 Å². The Morgan fingerprint density at radius 1 is 1.42 bits per heavy atom. The van der Waals surface area contributed by atoms with Crippen LogP contribution in [0.15, 0.2) is 24.3 Å². The van der Waals surface area contributed by atoms with Gasteiger partial charge in [0, 0.05) is 23.7 Å². The predicted octanol–water partition coefficient (Wildman–Crippen LogP) is 1.28. The van der Waals surface area contributed by atoms with Crippen molar-refractivity contribution in [1.82, 2.24) is 4.90 Å². The molecule has 1 saturated carbocycles. The van der Waals surface area contributed by atoms with Crippen molar-refractivity contribution >= 4 is 17.6 Å². The fraction of sp³-hybridized carbons (Fsp3) is 0.333. The van der Waals surface area contributed by atoms with Crippen molar-refractivity contribution in [3.05, 3.63) is 39.9 Å². The third-order valence-corrected chi connectivity index (χ3v) is 2.86. The van der Waals surface area contributed by atoms with E-state index in [0.29, 0.717) is 0 Å². The molecule has 2 rings (SSSR count). The molecule has 0 aliphatic heterocycles. The van der Waals surface area contributed by atoms with Crippen LogP contribution in [0.2, 0.25) is 0 Å². The summed E-state index contributed by atoms with van der Waals surface area (Å²) in [5.41, 5.74) is -0.0423. The van der Waals surface area contributed by atoms with Crippen LogP contribution in [0, 0.1) is 10.1 Å². The highest BCUT2D eigenvalue weighted by molar-refractivity contribution is 5.96. The second kappa shape index (κ2) is 5.05. The molecule has 1 fully saturated rings. The minimum Gasteiger partial charge on any atom is -0.480 e. The van der Waals surface area contributed by atoms with Crippen molar-refractivity contribution in [2.75, 3.05) is 6.54 Å². The van der Waals surface area contributed by atoms with Crippen molar-refractivity contribution in [1.29, 1.82) is 0 Å². The molecule has 0 radical (unpaired) electrons. The topological polar surface area (TPSA) is 101 Å². The van der Waals surface area contributed by atoms with E-state index in [1.165, 1.54) is 29.2 Å². The lowest BCUT2D eigenvalue weighted by molar-refractivity contribution is -0.384. The van der Waals surface area contributed by atoms with Crippen LogP contribution < -0.4 is 0 Å². The van der Waals surface area contributed by atoms with Crippen LogP contribution in [0.3, 0.4) is 0 Å². The number of nitro groups is 1. The molecule has 0 unspecified atom stereocenters. The highest BCUT2D eigenvalue weighted by atomic mass is 16.6. The SMILES string of the molecule is O=C(O)CN(C(=O)c1cccc([N+](=O)[O-])c1)C1CC1. The molecular weight excluding hydrogens is 252 g/mol. The number of non-ortho nitro benzene ring substituents is 1. The summed E-state index contributed by atoms with van der Waals surface area (Å²) in [7, 11) is 0. The molecule has 1 aliphatic rings. The Bertz CT molecular complexity index is 539. The smallest absolute Gasteiger partial charge is 0.323 e. The van der Waals surface area contributed by atoms with Crippen LogP contribution >= 0.6 is 0 Å². The molecule has 7 nitrogen and oxygen atoms in total. The average molecular weight is 264 g/mol. The first-order valence-corrected chi connectivity index (χ1v) is 5.76. The molecule has 0 atom stereocenters. The summed E-state index contributed by atoms with van der Waals surface area (Å²) >= 11 is 0. The number of benzene rings is 1. The first-order valence-electron chi connectivity index (χ1n) is 5.76. The van der Waals surface area contributed by atoms with Crippen LogP contribution in [-0.4, -0.2) is 39.4 Å². The molecule has 0 saturated heterocycles. The van der Waals surface area contributed by atoms with Gasteiger partial charge >= 0.3 is 5.97 Å². The first kappa shape index (κ1) is 13.0. The maximum absolute atomic E-state index is 12.2. The van der Waals surface area contributed by atoms with Gasteiger partial charge in [0.1, 0.15) is 6.54 Å². The lowest BCUT2D eigenvalue weighted by Gasteiger charge is -2.20. The molecule has 1 aromatic rings. The van der Waals surface area contributed by atoms with Crippen molar-refractivity contribution in [3.63, 3.8) is 0 Å². The lowest BCUT2D eigenvalue weighted by atomic mass is 10.1. The zero-order chi connectivity index (χ0) is 14.0. The Kier molecular flexibility index (Phi) is 3.46. The summed E-state index contributed by atoms with van der Waals surface area (Å²) in [5, 5.41) is 19.5. The Morgan fingerprint density at radius 2 is 2.11 bits per heavy atom. The van der Waals surface area contributed by atoms with E-state index in [0.717, 1.165) is 12.8 Å². The zero-order valence-corrected chi connectivity index (χ0v) is 9.98. The lowest BCUT2D eigenvalue weighted by Crippen LogP contribution is -2.37. The fourth-order valence-electron chi connectivity index (χ4n) is 1.82. The third kappa shape index (κ3) is 3.06. The number of nitro benzene ring substituents is 1. The number of carboxylic acids is 1. The van der Waals surface area contributed by atoms with Crippen LogP contribution in [0.4, 0.5) is 5.69 Å². The van der Waals surface area contributed by atoms with Crippen molar-refractivity contribution < 1.29 is 19.6 Å². The standard InChI is InChI=1S/C12H12N2O5/c15-11(16)7-13(9-4-5-9)12(17)8-2-1-3-10(6-8)14(18)19/h1-3,6,9H,4-5,7H2,(H,15,16). The molecule has 19 heavy (non-hydrogen) atoms. The number of amides is 1.